The Hall–Kier alpha value is -5.94. The summed E-state index contributed by atoms with van der Waals surface area (Å²) in [5, 5.41) is 28.0. The molecule has 0 heterocycles. The van der Waals surface area contributed by atoms with E-state index in [1.165, 1.54) is 146 Å². The Balaban J connectivity index is 1.24. The molecule has 0 aliphatic carbocycles. The van der Waals surface area contributed by atoms with Crippen molar-refractivity contribution in [3.63, 3.8) is 0 Å². The summed E-state index contributed by atoms with van der Waals surface area (Å²) in [6.45, 7) is 0. The predicted octanol–water partition coefficient (Wildman–Crippen LogP) is 10.6. The smallest absolute Gasteiger partial charge is 0.206 e. The van der Waals surface area contributed by atoms with Crippen molar-refractivity contribution in [3.8, 4) is 51.7 Å². The van der Waals surface area contributed by atoms with E-state index in [-0.39, 0.29) is 96.2 Å². The molecule has 7 aromatic carbocycles. The molecule has 0 amide bonds. The average Bonchev–Trinajstić information content (AvgIpc) is 3.23. The molecule has 0 aliphatic rings. The second-order valence-electron chi connectivity index (χ2n) is 12.6. The Labute approximate surface area is 358 Å². The highest BCUT2D eigenvalue weighted by atomic mass is 35.5. The van der Waals surface area contributed by atoms with Gasteiger partial charge in [0.2, 0.25) is 29.5 Å². The fraction of sp³-hybridized carbons (Fsp3) is 0. The number of aromatic hydroxyl groups is 3. The fourth-order valence-electron chi connectivity index (χ4n) is 5.57. The van der Waals surface area contributed by atoms with Gasteiger partial charge in [-0.1, -0.05) is 34.8 Å². The van der Waals surface area contributed by atoms with Gasteiger partial charge in [-0.3, -0.25) is 0 Å². The van der Waals surface area contributed by atoms with Gasteiger partial charge in [0.1, 0.15) is 49.6 Å². The summed E-state index contributed by atoms with van der Waals surface area (Å²) in [6.07, 6.45) is 0. The molecule has 0 fully saturated rings. The van der Waals surface area contributed by atoms with E-state index in [4.69, 9.17) is 49.0 Å². The number of hydrogen-bond acceptors (Lipinski definition) is 12. The standard InChI is InChI=1S/C42H27Cl3O12S3/c43-37-40(55-28-7-19-34(20-8-28)58(49,50)31-13-1-25(46)2-14-31)38(44)42(57-30-11-23-36(24-12-30)60(53,54)33-17-5-27(48)6-18-33)39(45)41(37)56-29-9-21-35(22-10-29)59(51,52)32-15-3-26(47)4-16-32/h1-24,46-48H. The molecule has 0 spiro atoms. The molecule has 60 heavy (non-hydrogen) atoms. The van der Waals surface area contributed by atoms with Gasteiger partial charge in [-0.05, 0) is 146 Å². The summed E-state index contributed by atoms with van der Waals surface area (Å²) in [5.41, 5.74) is 0. The summed E-state index contributed by atoms with van der Waals surface area (Å²) in [4.78, 5) is -0.439. The number of ether oxygens (including phenoxy) is 3. The Bertz CT molecular complexity index is 2700. The zero-order valence-corrected chi connectivity index (χ0v) is 34.9. The van der Waals surface area contributed by atoms with Gasteiger partial charge in [0.25, 0.3) is 0 Å². The first-order valence-corrected chi connectivity index (χ1v) is 22.7. The van der Waals surface area contributed by atoms with Gasteiger partial charge in [-0.15, -0.1) is 0 Å². The van der Waals surface area contributed by atoms with Crippen molar-refractivity contribution < 1.29 is 54.8 Å². The van der Waals surface area contributed by atoms with Crippen molar-refractivity contribution in [2.75, 3.05) is 0 Å². The maximum atomic E-state index is 13.2. The van der Waals surface area contributed by atoms with Crippen LogP contribution in [0.15, 0.2) is 175 Å². The van der Waals surface area contributed by atoms with Gasteiger partial charge < -0.3 is 29.5 Å². The molecule has 0 bridgehead atoms. The second-order valence-corrected chi connectivity index (χ2v) is 19.6. The zero-order chi connectivity index (χ0) is 43.0. The molecule has 0 aromatic heterocycles. The number of phenols is 3. The first-order valence-electron chi connectivity index (χ1n) is 17.1. The van der Waals surface area contributed by atoms with Crippen LogP contribution in [0.4, 0.5) is 0 Å². The normalized spacial score (nSPS) is 11.8. The molecular weight excluding hydrogens is 899 g/mol. The van der Waals surface area contributed by atoms with E-state index >= 15 is 0 Å². The number of sulfone groups is 3. The highest BCUT2D eigenvalue weighted by molar-refractivity contribution is 7.92. The van der Waals surface area contributed by atoms with Crippen LogP contribution in [0.3, 0.4) is 0 Å². The van der Waals surface area contributed by atoms with E-state index < -0.39 is 29.5 Å². The van der Waals surface area contributed by atoms with E-state index in [0.29, 0.717) is 0 Å². The van der Waals surface area contributed by atoms with Crippen molar-refractivity contribution in [1.29, 1.82) is 0 Å². The lowest BCUT2D eigenvalue weighted by Gasteiger charge is -2.19. The van der Waals surface area contributed by atoms with Gasteiger partial charge in [0, 0.05) is 0 Å². The van der Waals surface area contributed by atoms with Crippen LogP contribution >= 0.6 is 34.8 Å². The fourth-order valence-corrected chi connectivity index (χ4v) is 10.3. The number of halogens is 3. The van der Waals surface area contributed by atoms with Gasteiger partial charge in [0.05, 0.1) is 29.4 Å². The topological polar surface area (TPSA) is 191 Å². The maximum Gasteiger partial charge on any atom is 0.206 e. The lowest BCUT2D eigenvalue weighted by molar-refractivity contribution is 0.440. The molecule has 0 atom stereocenters. The lowest BCUT2D eigenvalue weighted by Crippen LogP contribution is -2.02. The first kappa shape index (κ1) is 42.2. The molecule has 3 N–H and O–H groups in total. The SMILES string of the molecule is O=S(=O)(c1ccc(O)cc1)c1ccc(Oc2c(Cl)c(Oc3ccc(S(=O)(=O)c4ccc(O)cc4)cc3)c(Cl)c(Oc3ccc(S(=O)(=O)c4ccc(O)cc4)cc3)c2Cl)cc1. The van der Waals surface area contributed by atoms with Crippen molar-refractivity contribution in [2.24, 2.45) is 0 Å². The van der Waals surface area contributed by atoms with E-state index in [9.17, 15) is 40.6 Å². The highest BCUT2D eigenvalue weighted by Gasteiger charge is 2.28. The number of rotatable bonds is 12. The van der Waals surface area contributed by atoms with Crippen LogP contribution in [0.5, 0.6) is 51.7 Å². The first-order chi connectivity index (χ1) is 28.4. The molecule has 12 nitrogen and oxygen atoms in total. The summed E-state index contributed by atoms with van der Waals surface area (Å²) < 4.78 is 97.6. The van der Waals surface area contributed by atoms with E-state index in [0.717, 1.165) is 0 Å². The zero-order valence-electron chi connectivity index (χ0n) is 30.2. The molecule has 0 unspecified atom stereocenters. The summed E-state index contributed by atoms with van der Waals surface area (Å²) in [7, 11) is -11.9. The molecule has 306 valence electrons. The third-order valence-corrected chi connectivity index (χ3v) is 15.1. The van der Waals surface area contributed by atoms with E-state index in [1.54, 1.807) is 0 Å². The molecule has 7 rings (SSSR count). The summed E-state index contributed by atoms with van der Waals surface area (Å²) in [6, 6.07) is 30.8. The van der Waals surface area contributed by atoms with Crippen molar-refractivity contribution in [1.82, 2.24) is 0 Å². The average molecular weight is 926 g/mol. The monoisotopic (exact) mass is 924 g/mol. The highest BCUT2D eigenvalue weighted by Crippen LogP contribution is 2.55. The van der Waals surface area contributed by atoms with Crippen molar-refractivity contribution >= 4 is 64.3 Å². The van der Waals surface area contributed by atoms with Crippen LogP contribution < -0.4 is 14.2 Å². The summed E-state index contributed by atoms with van der Waals surface area (Å²) >= 11 is 20.5. The maximum absolute atomic E-state index is 13.2. The minimum absolute atomic E-state index is 0.0571. The Morgan fingerprint density at radius 1 is 0.300 bits per heavy atom. The van der Waals surface area contributed by atoms with Crippen LogP contribution in [-0.2, 0) is 29.5 Å². The van der Waals surface area contributed by atoms with Crippen LogP contribution in [0.1, 0.15) is 0 Å². The molecule has 0 radical (unpaired) electrons. The quantitative estimate of drug-likeness (QED) is 0.105. The minimum atomic E-state index is -3.98. The van der Waals surface area contributed by atoms with E-state index in [2.05, 4.69) is 0 Å². The van der Waals surface area contributed by atoms with E-state index in [1.807, 2.05) is 0 Å². The summed E-state index contributed by atoms with van der Waals surface area (Å²) in [5.74, 6) is -0.868. The van der Waals surface area contributed by atoms with Crippen LogP contribution in [0.25, 0.3) is 0 Å². The van der Waals surface area contributed by atoms with Crippen molar-refractivity contribution in [3.05, 3.63) is 161 Å². The minimum Gasteiger partial charge on any atom is -0.508 e. The third-order valence-electron chi connectivity index (χ3n) is 8.70. The Morgan fingerprint density at radius 2 is 0.467 bits per heavy atom. The number of phenolic OH excluding ortho intramolecular Hbond substituents is 3. The van der Waals surface area contributed by atoms with Crippen LogP contribution in [0.2, 0.25) is 15.1 Å². The Kier molecular flexibility index (Phi) is 11.7. The van der Waals surface area contributed by atoms with Crippen molar-refractivity contribution in [2.45, 2.75) is 29.4 Å². The second kappa shape index (κ2) is 16.6. The molecular formula is C42H27Cl3O12S3. The van der Waals surface area contributed by atoms with Crippen LogP contribution in [-0.4, -0.2) is 40.6 Å². The molecule has 18 heteroatoms. The third kappa shape index (κ3) is 8.54. The Morgan fingerprint density at radius 3 is 0.650 bits per heavy atom. The number of hydrogen-bond donors (Lipinski definition) is 3. The predicted molar refractivity (Wildman–Crippen MR) is 222 cm³/mol. The lowest BCUT2D eigenvalue weighted by atomic mass is 10.2. The van der Waals surface area contributed by atoms with Gasteiger partial charge >= 0.3 is 0 Å². The van der Waals surface area contributed by atoms with Gasteiger partial charge in [-0.25, -0.2) is 25.3 Å². The van der Waals surface area contributed by atoms with Gasteiger partial charge in [-0.2, -0.15) is 0 Å². The molecule has 0 saturated carbocycles. The molecule has 7 aromatic rings. The largest absolute Gasteiger partial charge is 0.508 e. The number of benzene rings is 7. The molecule has 0 saturated heterocycles. The van der Waals surface area contributed by atoms with Crippen LogP contribution in [0, 0.1) is 0 Å². The van der Waals surface area contributed by atoms with Gasteiger partial charge in [0.15, 0.2) is 17.2 Å². The molecule has 0 aliphatic heterocycles.